The maximum absolute atomic E-state index is 10.5. The first-order valence-corrected chi connectivity index (χ1v) is 7.21. The summed E-state index contributed by atoms with van der Waals surface area (Å²) in [6, 6.07) is 1.83. The van der Waals surface area contributed by atoms with Gasteiger partial charge in [-0.3, -0.25) is 4.79 Å². The highest BCUT2D eigenvalue weighted by molar-refractivity contribution is 5.70. The van der Waals surface area contributed by atoms with Gasteiger partial charge in [0, 0.05) is 26.3 Å². The number of rotatable bonds is 6. The van der Waals surface area contributed by atoms with E-state index in [9.17, 15) is 4.79 Å². The lowest BCUT2D eigenvalue weighted by Crippen LogP contribution is -2.30. The van der Waals surface area contributed by atoms with E-state index in [1.807, 2.05) is 6.07 Å². The fourth-order valence-corrected chi connectivity index (χ4v) is 2.47. The summed E-state index contributed by atoms with van der Waals surface area (Å²) in [6.07, 6.45) is 8.07. The topological polar surface area (TPSA) is 42.7 Å². The minimum absolute atomic E-state index is 0.429. The van der Waals surface area contributed by atoms with E-state index >= 15 is 0 Å². The summed E-state index contributed by atoms with van der Waals surface area (Å²) in [6.45, 7) is 5.28. The molecule has 1 aromatic rings. The van der Waals surface area contributed by atoms with Crippen molar-refractivity contribution in [1.29, 1.82) is 0 Å². The summed E-state index contributed by atoms with van der Waals surface area (Å²) in [5.74, 6) is 0.429. The molecule has 2 rings (SSSR count). The molecule has 0 amide bonds. The first kappa shape index (κ1) is 14.3. The van der Waals surface area contributed by atoms with E-state index in [1.165, 1.54) is 13.0 Å². The van der Waals surface area contributed by atoms with Gasteiger partial charge in [-0.05, 0) is 50.3 Å². The Balaban J connectivity index is 1.61. The first-order valence-electron chi connectivity index (χ1n) is 7.21. The van der Waals surface area contributed by atoms with Crippen LogP contribution in [0.4, 0.5) is 0 Å². The van der Waals surface area contributed by atoms with Gasteiger partial charge in [-0.1, -0.05) is 0 Å². The van der Waals surface area contributed by atoms with Gasteiger partial charge in [-0.2, -0.15) is 0 Å². The second-order valence-corrected chi connectivity index (χ2v) is 5.09. The van der Waals surface area contributed by atoms with Crippen LogP contribution in [0.5, 0.6) is 0 Å². The largest absolute Gasteiger partial charge is 0.461 e. The van der Waals surface area contributed by atoms with Gasteiger partial charge in [-0.15, -0.1) is 0 Å². The van der Waals surface area contributed by atoms with Crippen molar-refractivity contribution in [2.24, 2.45) is 0 Å². The Morgan fingerprint density at radius 1 is 1.21 bits per heavy atom. The molecular weight excluding hydrogens is 242 g/mol. The van der Waals surface area contributed by atoms with Crippen molar-refractivity contribution in [2.45, 2.75) is 32.1 Å². The van der Waals surface area contributed by atoms with E-state index < -0.39 is 0 Å². The Morgan fingerprint density at radius 3 is 2.68 bits per heavy atom. The number of carbonyl (C=O) groups excluding carboxylic acids is 1. The minimum Gasteiger partial charge on any atom is -0.461 e. The van der Waals surface area contributed by atoms with Crippen LogP contribution in [-0.2, 0) is 11.2 Å². The standard InChI is InChI=1S/C15H23NO3/c17-12-15-11-14(13-19-15)5-1-2-6-16-7-3-9-18-10-4-8-16/h11-13H,1-10H2. The number of ether oxygens (including phenoxy) is 1. The highest BCUT2D eigenvalue weighted by Gasteiger charge is 2.07. The molecule has 0 aromatic carbocycles. The number of aryl methyl sites for hydroxylation is 1. The lowest BCUT2D eigenvalue weighted by Gasteiger charge is -2.24. The maximum atomic E-state index is 10.5. The van der Waals surface area contributed by atoms with E-state index in [2.05, 4.69) is 4.90 Å². The van der Waals surface area contributed by atoms with Crippen molar-refractivity contribution < 1.29 is 13.9 Å². The highest BCUT2D eigenvalue weighted by atomic mass is 16.5. The normalized spacial score (nSPS) is 17.9. The number of aldehydes is 1. The molecule has 106 valence electrons. The quantitative estimate of drug-likeness (QED) is 0.585. The van der Waals surface area contributed by atoms with E-state index in [4.69, 9.17) is 9.15 Å². The summed E-state index contributed by atoms with van der Waals surface area (Å²) in [7, 11) is 0. The van der Waals surface area contributed by atoms with Gasteiger partial charge in [0.25, 0.3) is 0 Å². The summed E-state index contributed by atoms with van der Waals surface area (Å²) in [5.41, 5.74) is 1.13. The van der Waals surface area contributed by atoms with Gasteiger partial charge in [0.15, 0.2) is 12.0 Å². The molecule has 1 saturated heterocycles. The molecule has 4 heteroatoms. The summed E-state index contributed by atoms with van der Waals surface area (Å²) in [5, 5.41) is 0. The van der Waals surface area contributed by atoms with E-state index in [0.29, 0.717) is 5.76 Å². The summed E-state index contributed by atoms with van der Waals surface area (Å²) >= 11 is 0. The molecule has 19 heavy (non-hydrogen) atoms. The number of hydrogen-bond donors (Lipinski definition) is 0. The molecule has 1 aromatic heterocycles. The van der Waals surface area contributed by atoms with Crippen molar-refractivity contribution in [3.8, 4) is 0 Å². The fraction of sp³-hybridized carbons (Fsp3) is 0.667. The van der Waals surface area contributed by atoms with E-state index in [1.54, 1.807) is 6.26 Å². The number of nitrogens with zero attached hydrogens (tertiary/aromatic N) is 1. The zero-order chi connectivity index (χ0) is 13.3. The van der Waals surface area contributed by atoms with Crippen molar-refractivity contribution in [2.75, 3.05) is 32.8 Å². The van der Waals surface area contributed by atoms with Gasteiger partial charge >= 0.3 is 0 Å². The Bertz CT molecular complexity index is 367. The van der Waals surface area contributed by atoms with Crippen LogP contribution < -0.4 is 0 Å². The van der Waals surface area contributed by atoms with Gasteiger partial charge in [0.2, 0.25) is 0 Å². The first-order chi connectivity index (χ1) is 9.38. The molecular formula is C15H23NO3. The number of carbonyl (C=O) groups is 1. The maximum Gasteiger partial charge on any atom is 0.185 e. The Hall–Kier alpha value is -1.13. The third-order valence-electron chi connectivity index (χ3n) is 3.51. The molecule has 1 aliphatic heterocycles. The molecule has 1 aliphatic rings. The molecule has 0 aliphatic carbocycles. The zero-order valence-electron chi connectivity index (χ0n) is 11.5. The number of furan rings is 1. The number of hydrogen-bond acceptors (Lipinski definition) is 4. The van der Waals surface area contributed by atoms with Crippen LogP contribution in [0.25, 0.3) is 0 Å². The van der Waals surface area contributed by atoms with Crippen LogP contribution in [0.1, 0.15) is 41.8 Å². The average Bonchev–Trinajstić information content (AvgIpc) is 2.84. The molecule has 2 heterocycles. The molecule has 0 atom stereocenters. The number of unbranched alkanes of at least 4 members (excludes halogenated alkanes) is 1. The van der Waals surface area contributed by atoms with E-state index in [-0.39, 0.29) is 0 Å². The molecule has 0 saturated carbocycles. The molecule has 0 bridgehead atoms. The van der Waals surface area contributed by atoms with Crippen LogP contribution in [0.3, 0.4) is 0 Å². The smallest absolute Gasteiger partial charge is 0.185 e. The third-order valence-corrected chi connectivity index (χ3v) is 3.51. The molecule has 0 unspecified atom stereocenters. The molecule has 0 spiro atoms. The minimum atomic E-state index is 0.429. The lowest BCUT2D eigenvalue weighted by atomic mass is 10.1. The summed E-state index contributed by atoms with van der Waals surface area (Å²) < 4.78 is 10.6. The average molecular weight is 265 g/mol. The zero-order valence-corrected chi connectivity index (χ0v) is 11.5. The van der Waals surface area contributed by atoms with Crippen molar-refractivity contribution in [3.63, 3.8) is 0 Å². The second-order valence-electron chi connectivity index (χ2n) is 5.09. The van der Waals surface area contributed by atoms with Crippen molar-refractivity contribution in [3.05, 3.63) is 23.7 Å². The van der Waals surface area contributed by atoms with Crippen molar-refractivity contribution >= 4 is 6.29 Å². The third kappa shape index (κ3) is 5.17. The SMILES string of the molecule is O=Cc1cc(CCCCN2CCCOCCC2)co1. The van der Waals surface area contributed by atoms with E-state index in [0.717, 1.165) is 63.8 Å². The van der Waals surface area contributed by atoms with Crippen LogP contribution in [0, 0.1) is 0 Å². The Kier molecular flexibility index (Phi) is 6.11. The van der Waals surface area contributed by atoms with Gasteiger partial charge < -0.3 is 14.1 Å². The summed E-state index contributed by atoms with van der Waals surface area (Å²) in [4.78, 5) is 13.0. The van der Waals surface area contributed by atoms with Crippen molar-refractivity contribution in [1.82, 2.24) is 4.90 Å². The monoisotopic (exact) mass is 265 g/mol. The molecule has 1 fully saturated rings. The molecule has 0 N–H and O–H groups in total. The second kappa shape index (κ2) is 8.12. The highest BCUT2D eigenvalue weighted by Crippen LogP contribution is 2.10. The van der Waals surface area contributed by atoms with Gasteiger partial charge in [0.05, 0.1) is 6.26 Å². The fourth-order valence-electron chi connectivity index (χ4n) is 2.47. The predicted octanol–water partition coefficient (Wildman–Crippen LogP) is 2.53. The Morgan fingerprint density at radius 2 is 2.00 bits per heavy atom. The van der Waals surface area contributed by atoms with Crippen LogP contribution in [0.2, 0.25) is 0 Å². The van der Waals surface area contributed by atoms with Crippen LogP contribution in [-0.4, -0.2) is 44.0 Å². The van der Waals surface area contributed by atoms with Gasteiger partial charge in [-0.25, -0.2) is 0 Å². The van der Waals surface area contributed by atoms with Gasteiger partial charge in [0.1, 0.15) is 0 Å². The predicted molar refractivity (Wildman–Crippen MR) is 73.5 cm³/mol. The Labute approximate surface area is 114 Å². The van der Waals surface area contributed by atoms with Crippen LogP contribution >= 0.6 is 0 Å². The molecule has 0 radical (unpaired) electrons. The molecule has 4 nitrogen and oxygen atoms in total. The van der Waals surface area contributed by atoms with Crippen LogP contribution in [0.15, 0.2) is 16.7 Å². The lowest BCUT2D eigenvalue weighted by molar-refractivity contribution is 0.0882.